The zero-order valence-corrected chi connectivity index (χ0v) is 12.6. The van der Waals surface area contributed by atoms with Crippen molar-refractivity contribution in [2.45, 2.75) is 25.8 Å². The molecule has 1 aromatic rings. The predicted octanol–water partition coefficient (Wildman–Crippen LogP) is 2.09. The molecule has 0 aliphatic carbocycles. The second kappa shape index (κ2) is 7.26. The summed E-state index contributed by atoms with van der Waals surface area (Å²) in [5, 5.41) is 3.11. The minimum absolute atomic E-state index is 0.0950. The Kier molecular flexibility index (Phi) is 5.38. The van der Waals surface area contributed by atoms with Crippen molar-refractivity contribution in [2.24, 2.45) is 0 Å². The van der Waals surface area contributed by atoms with Crippen molar-refractivity contribution < 1.29 is 14.3 Å². The van der Waals surface area contributed by atoms with E-state index in [9.17, 15) is 9.59 Å². The van der Waals surface area contributed by atoms with Gasteiger partial charge in [0.15, 0.2) is 0 Å². The molecule has 7 heteroatoms. The normalized spacial score (nSPS) is 18.2. The zero-order valence-electron chi connectivity index (χ0n) is 11.8. The number of ether oxygens (including phenoxy) is 1. The van der Waals surface area contributed by atoms with E-state index in [1.165, 1.54) is 12.4 Å². The average molecular weight is 312 g/mol. The van der Waals surface area contributed by atoms with Crippen LogP contribution in [0.5, 0.6) is 0 Å². The van der Waals surface area contributed by atoms with Gasteiger partial charge in [-0.1, -0.05) is 11.6 Å². The molecule has 1 N–H and O–H groups in total. The molecule has 1 unspecified atom stereocenters. The molecule has 1 aliphatic rings. The number of aromatic nitrogens is 1. The molecule has 2 amide bonds. The number of rotatable bonds is 3. The number of carbonyl (C=O) groups excluding carboxylic acids is 2. The van der Waals surface area contributed by atoms with Gasteiger partial charge in [0.2, 0.25) is 0 Å². The van der Waals surface area contributed by atoms with Crippen LogP contribution < -0.4 is 5.32 Å². The summed E-state index contributed by atoms with van der Waals surface area (Å²) in [4.78, 5) is 29.5. The fourth-order valence-corrected chi connectivity index (χ4v) is 2.54. The lowest BCUT2D eigenvalue weighted by atomic mass is 10.0. The van der Waals surface area contributed by atoms with Gasteiger partial charge >= 0.3 is 6.09 Å². The molecular formula is C14H18ClN3O3. The minimum Gasteiger partial charge on any atom is -0.450 e. The van der Waals surface area contributed by atoms with Crippen LogP contribution in [0.3, 0.4) is 0 Å². The van der Waals surface area contributed by atoms with Gasteiger partial charge in [0.1, 0.15) is 0 Å². The van der Waals surface area contributed by atoms with Crippen LogP contribution in [0.2, 0.25) is 5.02 Å². The van der Waals surface area contributed by atoms with E-state index in [1.54, 1.807) is 17.9 Å². The van der Waals surface area contributed by atoms with E-state index >= 15 is 0 Å². The lowest BCUT2D eigenvalue weighted by Crippen LogP contribution is -2.49. The van der Waals surface area contributed by atoms with Gasteiger partial charge in [-0.05, 0) is 25.8 Å². The van der Waals surface area contributed by atoms with Crippen molar-refractivity contribution in [3.05, 3.63) is 29.0 Å². The summed E-state index contributed by atoms with van der Waals surface area (Å²) >= 11 is 6.00. The second-order valence-corrected chi connectivity index (χ2v) is 5.22. The first-order valence-electron chi connectivity index (χ1n) is 6.94. The maximum Gasteiger partial charge on any atom is 0.407 e. The van der Waals surface area contributed by atoms with Gasteiger partial charge in [-0.15, -0.1) is 0 Å². The average Bonchev–Trinajstić information content (AvgIpc) is 2.47. The van der Waals surface area contributed by atoms with Crippen LogP contribution in [0.4, 0.5) is 4.79 Å². The van der Waals surface area contributed by atoms with Gasteiger partial charge in [0.25, 0.3) is 5.91 Å². The number of alkyl carbamates (subject to hydrolysis) is 1. The largest absolute Gasteiger partial charge is 0.450 e. The Morgan fingerprint density at radius 2 is 2.38 bits per heavy atom. The van der Waals surface area contributed by atoms with E-state index in [-0.39, 0.29) is 11.9 Å². The standard InChI is InChI=1S/C14H18ClN3O3/c1-2-21-14(20)17-10-4-3-7-18(9-10)13(19)11-5-6-16-8-12(11)15/h5-6,8,10H,2-4,7,9H2,1H3,(H,17,20). The molecule has 1 aromatic heterocycles. The van der Waals surface area contributed by atoms with E-state index in [4.69, 9.17) is 16.3 Å². The maximum absolute atomic E-state index is 12.4. The summed E-state index contributed by atoms with van der Waals surface area (Å²) in [7, 11) is 0. The topological polar surface area (TPSA) is 71.5 Å². The molecule has 114 valence electrons. The molecule has 2 heterocycles. The van der Waals surface area contributed by atoms with Gasteiger partial charge in [0, 0.05) is 31.5 Å². The van der Waals surface area contributed by atoms with Crippen molar-refractivity contribution in [2.75, 3.05) is 19.7 Å². The first-order valence-corrected chi connectivity index (χ1v) is 7.31. The van der Waals surface area contributed by atoms with E-state index < -0.39 is 6.09 Å². The molecule has 0 spiro atoms. The third-order valence-corrected chi connectivity index (χ3v) is 3.61. The third kappa shape index (κ3) is 4.07. The lowest BCUT2D eigenvalue weighted by Gasteiger charge is -2.33. The van der Waals surface area contributed by atoms with Crippen LogP contribution in [0, 0.1) is 0 Å². The Bertz CT molecular complexity index is 524. The molecule has 21 heavy (non-hydrogen) atoms. The number of likely N-dealkylation sites (tertiary alicyclic amines) is 1. The van der Waals surface area contributed by atoms with E-state index in [0.29, 0.717) is 30.3 Å². The highest BCUT2D eigenvalue weighted by Crippen LogP contribution is 2.19. The van der Waals surface area contributed by atoms with Crippen LogP contribution >= 0.6 is 11.6 Å². The van der Waals surface area contributed by atoms with Crippen molar-refractivity contribution >= 4 is 23.6 Å². The molecule has 0 radical (unpaired) electrons. The number of nitrogens with one attached hydrogen (secondary N) is 1. The van der Waals surface area contributed by atoms with Gasteiger partial charge in [0.05, 0.1) is 17.2 Å². The highest BCUT2D eigenvalue weighted by molar-refractivity contribution is 6.33. The summed E-state index contributed by atoms with van der Waals surface area (Å²) in [6, 6.07) is 1.51. The fourth-order valence-electron chi connectivity index (χ4n) is 2.34. The van der Waals surface area contributed by atoms with Crippen LogP contribution in [-0.4, -0.2) is 47.6 Å². The van der Waals surface area contributed by atoms with Crippen LogP contribution in [0.1, 0.15) is 30.1 Å². The molecule has 0 aromatic carbocycles. The summed E-state index contributed by atoms with van der Waals surface area (Å²) in [5.41, 5.74) is 0.434. The number of carbonyl (C=O) groups is 2. The molecule has 2 rings (SSSR count). The first kappa shape index (κ1) is 15.6. The zero-order chi connectivity index (χ0) is 15.2. The Labute approximate surface area is 128 Å². The predicted molar refractivity (Wildman–Crippen MR) is 78.3 cm³/mol. The number of hydrogen-bond acceptors (Lipinski definition) is 4. The molecule has 1 saturated heterocycles. The molecular weight excluding hydrogens is 294 g/mol. The van der Waals surface area contributed by atoms with E-state index in [0.717, 1.165) is 12.8 Å². The molecule has 6 nitrogen and oxygen atoms in total. The van der Waals surface area contributed by atoms with Gasteiger partial charge in [-0.25, -0.2) is 4.79 Å². The smallest absolute Gasteiger partial charge is 0.407 e. The Morgan fingerprint density at radius 3 is 3.10 bits per heavy atom. The molecule has 1 aliphatic heterocycles. The van der Waals surface area contributed by atoms with Gasteiger partial charge in [-0.3, -0.25) is 9.78 Å². The molecule has 1 fully saturated rings. The third-order valence-electron chi connectivity index (χ3n) is 3.31. The Morgan fingerprint density at radius 1 is 1.57 bits per heavy atom. The van der Waals surface area contributed by atoms with Crippen LogP contribution in [-0.2, 0) is 4.74 Å². The first-order chi connectivity index (χ1) is 10.1. The summed E-state index contributed by atoms with van der Waals surface area (Å²) in [5.74, 6) is -0.141. The number of piperidine rings is 1. The Hall–Kier alpha value is -1.82. The minimum atomic E-state index is -0.446. The number of hydrogen-bond donors (Lipinski definition) is 1. The Balaban J connectivity index is 1.99. The monoisotopic (exact) mass is 311 g/mol. The number of nitrogens with zero attached hydrogens (tertiary/aromatic N) is 2. The van der Waals surface area contributed by atoms with Crippen molar-refractivity contribution in [3.8, 4) is 0 Å². The quantitative estimate of drug-likeness (QED) is 0.927. The number of halogens is 1. The summed E-state index contributed by atoms with van der Waals surface area (Å²) in [6.45, 7) is 3.18. The van der Waals surface area contributed by atoms with E-state index in [1.807, 2.05) is 0 Å². The van der Waals surface area contributed by atoms with Gasteiger partial charge < -0.3 is 15.0 Å². The molecule has 0 saturated carbocycles. The van der Waals surface area contributed by atoms with Crippen molar-refractivity contribution in [1.82, 2.24) is 15.2 Å². The SMILES string of the molecule is CCOC(=O)NC1CCCN(C(=O)c2ccncc2Cl)C1. The summed E-state index contributed by atoms with van der Waals surface area (Å²) in [6.07, 6.45) is 4.20. The maximum atomic E-state index is 12.4. The highest BCUT2D eigenvalue weighted by Gasteiger charge is 2.26. The van der Waals surface area contributed by atoms with Crippen LogP contribution in [0.25, 0.3) is 0 Å². The molecule has 1 atom stereocenters. The van der Waals surface area contributed by atoms with Crippen molar-refractivity contribution in [3.63, 3.8) is 0 Å². The van der Waals surface area contributed by atoms with Gasteiger partial charge in [-0.2, -0.15) is 0 Å². The van der Waals surface area contributed by atoms with Crippen LogP contribution in [0.15, 0.2) is 18.5 Å². The fraction of sp³-hybridized carbons (Fsp3) is 0.500. The number of pyridine rings is 1. The lowest BCUT2D eigenvalue weighted by molar-refractivity contribution is 0.0686. The number of amides is 2. The van der Waals surface area contributed by atoms with E-state index in [2.05, 4.69) is 10.3 Å². The summed E-state index contributed by atoms with van der Waals surface area (Å²) < 4.78 is 4.86. The highest BCUT2D eigenvalue weighted by atomic mass is 35.5. The second-order valence-electron chi connectivity index (χ2n) is 4.81. The van der Waals surface area contributed by atoms with Crippen molar-refractivity contribution in [1.29, 1.82) is 0 Å². The molecule has 0 bridgehead atoms.